The minimum Gasteiger partial charge on any atom is -0.322 e. The van der Waals surface area contributed by atoms with Gasteiger partial charge in [0, 0.05) is 37.3 Å². The fourth-order valence-corrected chi connectivity index (χ4v) is 2.55. The third kappa shape index (κ3) is 2.55. The molecular weight excluding hydrogens is 229 g/mol. The second kappa shape index (κ2) is 5.34. The lowest BCUT2D eigenvalue weighted by Gasteiger charge is -2.45. The van der Waals surface area contributed by atoms with Crippen LogP contribution in [-0.4, -0.2) is 36.6 Å². The second-order valence-electron chi connectivity index (χ2n) is 5.39. The van der Waals surface area contributed by atoms with Crippen molar-refractivity contribution in [2.75, 3.05) is 26.2 Å². The second-order valence-corrected chi connectivity index (χ2v) is 5.39. The molecular formula is C14H22FN3. The molecule has 3 nitrogen and oxygen atoms in total. The molecule has 4 heteroatoms. The van der Waals surface area contributed by atoms with E-state index in [2.05, 4.69) is 24.1 Å². The Morgan fingerprint density at radius 3 is 2.50 bits per heavy atom. The van der Waals surface area contributed by atoms with Gasteiger partial charge in [-0.15, -0.1) is 0 Å². The first-order chi connectivity index (χ1) is 8.53. The number of nitrogens with zero attached hydrogens (tertiary/aromatic N) is 1. The number of nitrogens with one attached hydrogen (secondary N) is 1. The zero-order chi connectivity index (χ0) is 13.2. The smallest absolute Gasteiger partial charge is 0.128 e. The molecule has 2 rings (SSSR count). The van der Waals surface area contributed by atoms with Gasteiger partial charge in [-0.25, -0.2) is 4.39 Å². The van der Waals surface area contributed by atoms with Crippen molar-refractivity contribution in [1.82, 2.24) is 10.2 Å². The van der Waals surface area contributed by atoms with E-state index in [1.54, 1.807) is 12.1 Å². The van der Waals surface area contributed by atoms with Crippen molar-refractivity contribution < 1.29 is 4.39 Å². The van der Waals surface area contributed by atoms with Crippen LogP contribution in [-0.2, 0) is 0 Å². The Kier molecular flexibility index (Phi) is 4.00. The lowest BCUT2D eigenvalue weighted by atomic mass is 9.87. The van der Waals surface area contributed by atoms with Gasteiger partial charge in [-0.2, -0.15) is 0 Å². The zero-order valence-electron chi connectivity index (χ0n) is 11.1. The summed E-state index contributed by atoms with van der Waals surface area (Å²) in [6, 6.07) is 6.47. The standard InChI is InChI=1S/C14H22FN3/c1-14(2,18-9-7-17-8-10-18)13(16)11-5-3-4-6-12(11)15/h3-6,13,17H,7-10,16H2,1-2H3. The summed E-state index contributed by atoms with van der Waals surface area (Å²) in [5.41, 5.74) is 6.65. The van der Waals surface area contributed by atoms with E-state index >= 15 is 0 Å². The average molecular weight is 251 g/mol. The number of rotatable bonds is 3. The molecule has 0 aliphatic carbocycles. The molecule has 1 aliphatic rings. The number of benzene rings is 1. The van der Waals surface area contributed by atoms with E-state index in [0.717, 1.165) is 26.2 Å². The van der Waals surface area contributed by atoms with Gasteiger partial charge in [0.25, 0.3) is 0 Å². The summed E-state index contributed by atoms with van der Waals surface area (Å²) in [6.07, 6.45) is 0. The topological polar surface area (TPSA) is 41.3 Å². The van der Waals surface area contributed by atoms with E-state index in [-0.39, 0.29) is 17.4 Å². The first-order valence-corrected chi connectivity index (χ1v) is 6.49. The summed E-state index contributed by atoms with van der Waals surface area (Å²) < 4.78 is 13.8. The third-order valence-electron chi connectivity index (χ3n) is 3.93. The summed E-state index contributed by atoms with van der Waals surface area (Å²) in [6.45, 7) is 8.02. The van der Waals surface area contributed by atoms with Crippen molar-refractivity contribution in [2.45, 2.75) is 25.4 Å². The number of hydrogen-bond acceptors (Lipinski definition) is 3. The van der Waals surface area contributed by atoms with E-state index < -0.39 is 0 Å². The minimum atomic E-state index is -0.322. The number of halogens is 1. The Hall–Kier alpha value is -0.970. The van der Waals surface area contributed by atoms with Gasteiger partial charge in [-0.05, 0) is 19.9 Å². The van der Waals surface area contributed by atoms with Crippen LogP contribution in [0.15, 0.2) is 24.3 Å². The lowest BCUT2D eigenvalue weighted by Crippen LogP contribution is -2.57. The van der Waals surface area contributed by atoms with Crippen LogP contribution in [0.2, 0.25) is 0 Å². The molecule has 0 amide bonds. The highest BCUT2D eigenvalue weighted by molar-refractivity contribution is 5.24. The average Bonchev–Trinajstić information content (AvgIpc) is 2.39. The van der Waals surface area contributed by atoms with Crippen LogP contribution in [0.4, 0.5) is 4.39 Å². The van der Waals surface area contributed by atoms with Crippen molar-refractivity contribution in [3.8, 4) is 0 Å². The Bertz CT molecular complexity index is 400. The predicted molar refractivity (Wildman–Crippen MR) is 71.9 cm³/mol. The molecule has 18 heavy (non-hydrogen) atoms. The molecule has 1 saturated heterocycles. The molecule has 1 unspecified atom stereocenters. The van der Waals surface area contributed by atoms with Crippen LogP contribution >= 0.6 is 0 Å². The molecule has 3 N–H and O–H groups in total. The predicted octanol–water partition coefficient (Wildman–Crippen LogP) is 1.51. The molecule has 1 atom stereocenters. The molecule has 1 heterocycles. The van der Waals surface area contributed by atoms with Crippen LogP contribution in [0.1, 0.15) is 25.5 Å². The number of nitrogens with two attached hydrogens (primary N) is 1. The Labute approximate surface area is 108 Å². The summed E-state index contributed by atoms with van der Waals surface area (Å²) in [5, 5.41) is 3.32. The molecule has 100 valence electrons. The van der Waals surface area contributed by atoms with Crippen molar-refractivity contribution >= 4 is 0 Å². The molecule has 0 radical (unpaired) electrons. The van der Waals surface area contributed by atoms with Crippen LogP contribution in [0.5, 0.6) is 0 Å². The summed E-state index contributed by atoms with van der Waals surface area (Å²) in [7, 11) is 0. The highest BCUT2D eigenvalue weighted by Gasteiger charge is 2.35. The highest BCUT2D eigenvalue weighted by Crippen LogP contribution is 2.30. The Morgan fingerprint density at radius 1 is 1.28 bits per heavy atom. The van der Waals surface area contributed by atoms with Gasteiger partial charge in [-0.3, -0.25) is 4.90 Å². The summed E-state index contributed by atoms with van der Waals surface area (Å²) in [5.74, 6) is -0.215. The molecule has 1 aliphatic heterocycles. The first-order valence-electron chi connectivity index (χ1n) is 6.49. The third-order valence-corrected chi connectivity index (χ3v) is 3.93. The minimum absolute atomic E-state index is 0.215. The van der Waals surface area contributed by atoms with E-state index in [0.29, 0.717) is 5.56 Å². The van der Waals surface area contributed by atoms with Crippen LogP contribution in [0, 0.1) is 5.82 Å². The zero-order valence-corrected chi connectivity index (χ0v) is 11.1. The van der Waals surface area contributed by atoms with Crippen molar-refractivity contribution in [1.29, 1.82) is 0 Å². The van der Waals surface area contributed by atoms with Gasteiger partial charge < -0.3 is 11.1 Å². The van der Waals surface area contributed by atoms with Crippen molar-refractivity contribution in [2.24, 2.45) is 5.73 Å². The SMILES string of the molecule is CC(C)(C(N)c1ccccc1F)N1CCNCC1. The van der Waals surface area contributed by atoms with E-state index in [4.69, 9.17) is 5.73 Å². The molecule has 0 saturated carbocycles. The van der Waals surface area contributed by atoms with E-state index in [9.17, 15) is 4.39 Å². The van der Waals surface area contributed by atoms with E-state index in [1.807, 2.05) is 6.07 Å². The Balaban J connectivity index is 2.20. The van der Waals surface area contributed by atoms with Gasteiger partial charge in [0.1, 0.15) is 5.82 Å². The monoisotopic (exact) mass is 251 g/mol. The molecule has 0 spiro atoms. The molecule has 1 aromatic rings. The highest BCUT2D eigenvalue weighted by atomic mass is 19.1. The maximum absolute atomic E-state index is 13.8. The van der Waals surface area contributed by atoms with Crippen LogP contribution < -0.4 is 11.1 Å². The van der Waals surface area contributed by atoms with Gasteiger partial charge in [0.05, 0.1) is 6.04 Å². The van der Waals surface area contributed by atoms with Crippen LogP contribution in [0.3, 0.4) is 0 Å². The molecule has 1 fully saturated rings. The van der Waals surface area contributed by atoms with Gasteiger partial charge in [-0.1, -0.05) is 18.2 Å². The van der Waals surface area contributed by atoms with Crippen LogP contribution in [0.25, 0.3) is 0 Å². The lowest BCUT2D eigenvalue weighted by molar-refractivity contribution is 0.0790. The summed E-state index contributed by atoms with van der Waals surface area (Å²) >= 11 is 0. The molecule has 0 aromatic heterocycles. The van der Waals surface area contributed by atoms with E-state index in [1.165, 1.54) is 6.07 Å². The molecule has 1 aromatic carbocycles. The van der Waals surface area contributed by atoms with Crippen molar-refractivity contribution in [3.63, 3.8) is 0 Å². The largest absolute Gasteiger partial charge is 0.322 e. The first kappa shape index (κ1) is 13.5. The maximum atomic E-state index is 13.8. The summed E-state index contributed by atoms with van der Waals surface area (Å²) in [4.78, 5) is 2.33. The van der Waals surface area contributed by atoms with Gasteiger partial charge >= 0.3 is 0 Å². The fourth-order valence-electron chi connectivity index (χ4n) is 2.55. The quantitative estimate of drug-likeness (QED) is 0.855. The number of hydrogen-bond donors (Lipinski definition) is 2. The molecule has 0 bridgehead atoms. The number of piperazine rings is 1. The maximum Gasteiger partial charge on any atom is 0.128 e. The van der Waals surface area contributed by atoms with Gasteiger partial charge in [0.15, 0.2) is 0 Å². The van der Waals surface area contributed by atoms with Crippen molar-refractivity contribution in [3.05, 3.63) is 35.6 Å². The van der Waals surface area contributed by atoms with Gasteiger partial charge in [0.2, 0.25) is 0 Å². The Morgan fingerprint density at radius 2 is 1.89 bits per heavy atom. The normalized spacial score (nSPS) is 19.8. The fraction of sp³-hybridized carbons (Fsp3) is 0.571.